The zero-order valence-corrected chi connectivity index (χ0v) is 19.3. The van der Waals surface area contributed by atoms with Crippen LogP contribution in [0.15, 0.2) is 0 Å². The summed E-state index contributed by atoms with van der Waals surface area (Å²) >= 11 is 0. The van der Waals surface area contributed by atoms with Gasteiger partial charge in [0.25, 0.3) is 0 Å². The van der Waals surface area contributed by atoms with Crippen molar-refractivity contribution in [3.05, 3.63) is 0 Å². The summed E-state index contributed by atoms with van der Waals surface area (Å²) in [6, 6.07) is -0.762. The Morgan fingerprint density at radius 3 is 1.80 bits per heavy atom. The average Bonchev–Trinajstić information content (AvgIpc) is 2.62. The maximum absolute atomic E-state index is 12.3. The molecule has 0 spiro atoms. The Kier molecular flexibility index (Phi) is 10.9. The number of carboxylic acids is 2. The molecule has 0 radical (unpaired) electrons. The van der Waals surface area contributed by atoms with Gasteiger partial charge in [-0.25, -0.2) is 0 Å². The number of Topliss-reactive ketones (excluding diaryl/α,β-unsaturated/α-hetero) is 1. The molecule has 2 N–H and O–H groups in total. The number of hydrogen-bond acceptors (Lipinski definition) is 7. The summed E-state index contributed by atoms with van der Waals surface area (Å²) in [5.74, 6) is -1.77. The molecule has 9 heteroatoms. The molecule has 9 nitrogen and oxygen atoms in total. The highest BCUT2D eigenvalue weighted by atomic mass is 16.4. The molecular formula is C21H40N4O5. The minimum absolute atomic E-state index is 0.0516. The number of carboxylic acid groups (broad SMARTS) is 2. The third-order valence-electron chi connectivity index (χ3n) is 5.70. The lowest BCUT2D eigenvalue weighted by Crippen LogP contribution is -2.50. The number of carbonyl (C=O) groups is 3. The SMILES string of the molecule is CN1CCN(C)CCN(C(CCC(=O)C(C)(C)C)C(=O)O)CCN(CC(=O)O)CC1. The van der Waals surface area contributed by atoms with E-state index in [2.05, 4.69) is 9.80 Å². The summed E-state index contributed by atoms with van der Waals surface area (Å²) in [5, 5.41) is 19.1. The summed E-state index contributed by atoms with van der Waals surface area (Å²) in [6.07, 6.45) is 0.479. The van der Waals surface area contributed by atoms with Crippen LogP contribution in [0.3, 0.4) is 0 Å². The number of hydrogen-bond donors (Lipinski definition) is 2. The Balaban J connectivity index is 2.93. The van der Waals surface area contributed by atoms with Crippen molar-refractivity contribution in [2.75, 3.05) is 73.0 Å². The van der Waals surface area contributed by atoms with Gasteiger partial charge < -0.3 is 20.0 Å². The lowest BCUT2D eigenvalue weighted by Gasteiger charge is -2.34. The third-order valence-corrected chi connectivity index (χ3v) is 5.70. The van der Waals surface area contributed by atoms with E-state index in [9.17, 15) is 24.6 Å². The summed E-state index contributed by atoms with van der Waals surface area (Å²) < 4.78 is 0. The van der Waals surface area contributed by atoms with E-state index in [1.165, 1.54) is 0 Å². The molecule has 174 valence electrons. The van der Waals surface area contributed by atoms with Crippen molar-refractivity contribution in [2.45, 2.75) is 39.7 Å². The zero-order chi connectivity index (χ0) is 22.9. The average molecular weight is 429 g/mol. The molecule has 0 aliphatic carbocycles. The van der Waals surface area contributed by atoms with Crippen LogP contribution in [-0.2, 0) is 14.4 Å². The molecule has 0 amide bonds. The van der Waals surface area contributed by atoms with Crippen molar-refractivity contribution in [3.63, 3.8) is 0 Å². The molecule has 0 bridgehead atoms. The smallest absolute Gasteiger partial charge is 0.320 e. The van der Waals surface area contributed by atoms with E-state index in [1.807, 2.05) is 44.7 Å². The van der Waals surface area contributed by atoms with Gasteiger partial charge in [-0.3, -0.25) is 24.2 Å². The van der Waals surface area contributed by atoms with E-state index in [-0.39, 0.29) is 25.2 Å². The number of aliphatic carboxylic acids is 2. The highest BCUT2D eigenvalue weighted by Crippen LogP contribution is 2.20. The van der Waals surface area contributed by atoms with Crippen LogP contribution in [-0.4, -0.2) is 127 Å². The minimum atomic E-state index is -0.934. The maximum atomic E-state index is 12.3. The van der Waals surface area contributed by atoms with Crippen molar-refractivity contribution in [3.8, 4) is 0 Å². The maximum Gasteiger partial charge on any atom is 0.320 e. The van der Waals surface area contributed by atoms with Crippen LogP contribution in [0.4, 0.5) is 0 Å². The number of carbonyl (C=O) groups excluding carboxylic acids is 1. The van der Waals surface area contributed by atoms with E-state index in [0.29, 0.717) is 32.7 Å². The van der Waals surface area contributed by atoms with E-state index in [4.69, 9.17) is 0 Å². The summed E-state index contributed by atoms with van der Waals surface area (Å²) in [5.41, 5.74) is -0.491. The van der Waals surface area contributed by atoms with Crippen LogP contribution in [0.2, 0.25) is 0 Å². The largest absolute Gasteiger partial charge is 0.480 e. The number of likely N-dealkylation sites (N-methyl/N-ethyl adjacent to an activating group) is 2. The lowest BCUT2D eigenvalue weighted by molar-refractivity contribution is -0.144. The molecule has 0 aromatic rings. The second-order valence-electron chi connectivity index (χ2n) is 9.38. The third kappa shape index (κ3) is 9.97. The van der Waals surface area contributed by atoms with Crippen LogP contribution in [0.5, 0.6) is 0 Å². The van der Waals surface area contributed by atoms with Crippen molar-refractivity contribution in [2.24, 2.45) is 5.41 Å². The van der Waals surface area contributed by atoms with E-state index < -0.39 is 23.4 Å². The van der Waals surface area contributed by atoms with E-state index in [0.717, 1.165) is 19.6 Å². The zero-order valence-electron chi connectivity index (χ0n) is 19.3. The molecule has 0 saturated carbocycles. The first kappa shape index (κ1) is 26.5. The molecule has 1 aliphatic rings. The van der Waals surface area contributed by atoms with Gasteiger partial charge in [0.05, 0.1) is 6.54 Å². The van der Waals surface area contributed by atoms with Crippen molar-refractivity contribution in [1.29, 1.82) is 0 Å². The van der Waals surface area contributed by atoms with Crippen LogP contribution in [0.1, 0.15) is 33.6 Å². The predicted octanol–water partition coefficient (Wildman–Crippen LogP) is 0.401. The molecule has 1 heterocycles. The van der Waals surface area contributed by atoms with Gasteiger partial charge in [0.15, 0.2) is 0 Å². The number of rotatable bonds is 7. The summed E-state index contributed by atoms with van der Waals surface area (Å²) in [4.78, 5) is 43.8. The van der Waals surface area contributed by atoms with Gasteiger partial charge >= 0.3 is 11.9 Å². The van der Waals surface area contributed by atoms with Gasteiger partial charge in [-0.15, -0.1) is 0 Å². The van der Waals surface area contributed by atoms with Gasteiger partial charge in [0, 0.05) is 64.2 Å². The Morgan fingerprint density at radius 2 is 1.30 bits per heavy atom. The van der Waals surface area contributed by atoms with Crippen LogP contribution in [0, 0.1) is 5.41 Å². The van der Waals surface area contributed by atoms with Gasteiger partial charge in [-0.1, -0.05) is 20.8 Å². The van der Waals surface area contributed by atoms with Gasteiger partial charge in [-0.2, -0.15) is 0 Å². The van der Waals surface area contributed by atoms with Crippen LogP contribution >= 0.6 is 0 Å². The van der Waals surface area contributed by atoms with Gasteiger partial charge in [0.1, 0.15) is 11.8 Å². The summed E-state index contributed by atoms with van der Waals surface area (Å²) in [7, 11) is 4.05. The Bertz CT molecular complexity index is 578. The number of nitrogens with zero attached hydrogens (tertiary/aromatic N) is 4. The van der Waals surface area contributed by atoms with E-state index >= 15 is 0 Å². The molecule has 0 aromatic carbocycles. The molecule has 1 rings (SSSR count). The number of ketones is 1. The molecule has 1 fully saturated rings. The second kappa shape index (κ2) is 12.3. The first-order chi connectivity index (χ1) is 13.9. The monoisotopic (exact) mass is 428 g/mol. The lowest BCUT2D eigenvalue weighted by atomic mass is 9.87. The molecule has 30 heavy (non-hydrogen) atoms. The Hall–Kier alpha value is -1.55. The van der Waals surface area contributed by atoms with Crippen LogP contribution < -0.4 is 0 Å². The molecular weight excluding hydrogens is 388 g/mol. The Labute approximate surface area is 180 Å². The first-order valence-electron chi connectivity index (χ1n) is 10.7. The molecule has 0 aromatic heterocycles. The fourth-order valence-electron chi connectivity index (χ4n) is 3.44. The summed E-state index contributed by atoms with van der Waals surface area (Å²) in [6.45, 7) is 10.7. The topological polar surface area (TPSA) is 105 Å². The standard InChI is InChI=1S/C21H40N4O5/c1-21(2,3)18(26)7-6-17(20(29)30)25-14-11-23(5)9-8-22(4)10-12-24(13-15-25)16-19(27)28/h17H,6-16H2,1-5H3,(H,27,28)(H,29,30). The van der Waals surface area contributed by atoms with Crippen LogP contribution in [0.25, 0.3) is 0 Å². The highest BCUT2D eigenvalue weighted by Gasteiger charge is 2.29. The highest BCUT2D eigenvalue weighted by molar-refractivity contribution is 5.84. The Morgan fingerprint density at radius 1 is 0.833 bits per heavy atom. The van der Waals surface area contributed by atoms with Crippen molar-refractivity contribution < 1.29 is 24.6 Å². The predicted molar refractivity (Wildman–Crippen MR) is 116 cm³/mol. The fourth-order valence-corrected chi connectivity index (χ4v) is 3.44. The van der Waals surface area contributed by atoms with Gasteiger partial charge in [0.2, 0.25) is 0 Å². The fraction of sp³-hybridized carbons (Fsp3) is 0.857. The van der Waals surface area contributed by atoms with Gasteiger partial charge in [-0.05, 0) is 20.5 Å². The minimum Gasteiger partial charge on any atom is -0.480 e. The van der Waals surface area contributed by atoms with E-state index in [1.54, 1.807) is 0 Å². The second-order valence-corrected chi connectivity index (χ2v) is 9.38. The first-order valence-corrected chi connectivity index (χ1v) is 10.7. The molecule has 1 unspecified atom stereocenters. The molecule has 1 aliphatic heterocycles. The van der Waals surface area contributed by atoms with Crippen molar-refractivity contribution in [1.82, 2.24) is 19.6 Å². The molecule has 1 saturated heterocycles. The molecule has 1 atom stereocenters. The quantitative estimate of drug-likeness (QED) is 0.596. The van der Waals surface area contributed by atoms with Crippen molar-refractivity contribution >= 4 is 17.7 Å². The normalized spacial score (nSPS) is 20.8.